The summed E-state index contributed by atoms with van der Waals surface area (Å²) in [4.78, 5) is 29.5. The van der Waals surface area contributed by atoms with Crippen molar-refractivity contribution in [3.05, 3.63) is 70.7 Å². The van der Waals surface area contributed by atoms with Gasteiger partial charge in [0.1, 0.15) is 16.6 Å². The summed E-state index contributed by atoms with van der Waals surface area (Å²) in [5.74, 6) is 0.759. The number of nitrogens with zero attached hydrogens (tertiary/aromatic N) is 4. The Labute approximate surface area is 190 Å². The lowest BCUT2D eigenvalue weighted by atomic mass is 9.95. The van der Waals surface area contributed by atoms with E-state index in [4.69, 9.17) is 16.5 Å². The number of aromatic nitrogens is 6. The van der Waals surface area contributed by atoms with Crippen LogP contribution >= 0.6 is 11.3 Å². The normalized spacial score (nSPS) is 11.4. The molecule has 0 amide bonds. The van der Waals surface area contributed by atoms with Crippen LogP contribution in [-0.4, -0.2) is 30.1 Å². The summed E-state index contributed by atoms with van der Waals surface area (Å²) in [7, 11) is 0. The van der Waals surface area contributed by atoms with E-state index in [0.717, 1.165) is 27.0 Å². The molecule has 0 spiro atoms. The molecule has 0 atom stereocenters. The summed E-state index contributed by atoms with van der Waals surface area (Å²) >= 11 is 1.46. The molecule has 9 nitrogen and oxygen atoms in total. The van der Waals surface area contributed by atoms with E-state index < -0.39 is 0 Å². The molecule has 0 aliphatic carbocycles. The first kappa shape index (κ1) is 19.1. The summed E-state index contributed by atoms with van der Waals surface area (Å²) in [5.41, 5.74) is 16.6. The Bertz CT molecular complexity index is 1700. The minimum atomic E-state index is -0.344. The van der Waals surface area contributed by atoms with Crippen LogP contribution in [0.25, 0.3) is 54.9 Å². The van der Waals surface area contributed by atoms with Gasteiger partial charge in [-0.05, 0) is 29.8 Å². The highest BCUT2D eigenvalue weighted by Crippen LogP contribution is 2.40. The summed E-state index contributed by atoms with van der Waals surface area (Å²) in [6.07, 6.45) is 5.04. The molecule has 6 aromatic rings. The first-order chi connectivity index (χ1) is 16.1. The van der Waals surface area contributed by atoms with E-state index in [0.29, 0.717) is 39.4 Å². The van der Waals surface area contributed by atoms with Crippen LogP contribution < -0.4 is 17.0 Å². The van der Waals surface area contributed by atoms with Crippen molar-refractivity contribution in [2.45, 2.75) is 0 Å². The van der Waals surface area contributed by atoms with E-state index in [9.17, 15) is 4.79 Å². The number of hydrogen-bond acceptors (Lipinski definition) is 8. The average Bonchev–Trinajstić information content (AvgIpc) is 3.52. The fraction of sp³-hybridized carbons (Fsp3) is 0. The van der Waals surface area contributed by atoms with Gasteiger partial charge < -0.3 is 16.5 Å². The highest BCUT2D eigenvalue weighted by molar-refractivity contribution is 7.13. The zero-order valence-electron chi connectivity index (χ0n) is 17.0. The summed E-state index contributed by atoms with van der Waals surface area (Å²) < 4.78 is 0. The maximum Gasteiger partial charge on any atom is 0.261 e. The maximum atomic E-state index is 13.3. The minimum absolute atomic E-state index is 0.311. The zero-order chi connectivity index (χ0) is 22.5. The Hall–Kier alpha value is -4.57. The molecule has 0 unspecified atom stereocenters. The van der Waals surface area contributed by atoms with Crippen molar-refractivity contribution in [1.82, 2.24) is 30.1 Å². The SMILES string of the molecule is Nc1ccc(-c2nc3c(-c4nccs4)cc(-c4cccc5[nH]ncc45)c(N)c3c(=O)[nH]2)cn1. The lowest BCUT2D eigenvalue weighted by Gasteiger charge is -2.14. The molecular weight excluding hydrogens is 436 g/mol. The Morgan fingerprint density at radius 3 is 2.67 bits per heavy atom. The Morgan fingerprint density at radius 2 is 1.88 bits per heavy atom. The number of nitrogens with two attached hydrogens (primary N) is 2. The molecule has 0 saturated heterocycles. The molecule has 0 bridgehead atoms. The van der Waals surface area contributed by atoms with E-state index in [2.05, 4.69) is 25.1 Å². The third-order valence-electron chi connectivity index (χ3n) is 5.52. The highest BCUT2D eigenvalue weighted by Gasteiger charge is 2.20. The number of fused-ring (bicyclic) bond motifs is 2. The molecule has 4 heterocycles. The van der Waals surface area contributed by atoms with Gasteiger partial charge in [0.2, 0.25) is 0 Å². The van der Waals surface area contributed by atoms with Gasteiger partial charge in [0.15, 0.2) is 0 Å². The van der Waals surface area contributed by atoms with Crippen LogP contribution in [-0.2, 0) is 0 Å². The van der Waals surface area contributed by atoms with Crippen LogP contribution in [0.3, 0.4) is 0 Å². The standard InChI is InChI=1S/C23H16N8OS/c24-17-5-4-11(9-27-17)21-29-20-14(23-26-6-7-33-23)8-13(19(25)18(20)22(32)30-21)12-2-1-3-16-15(12)10-28-31-16/h1-10H,25H2,(H2,24,27)(H,28,31)(H,29,30,32). The number of pyridine rings is 1. The third kappa shape index (κ3) is 3.04. The van der Waals surface area contributed by atoms with Crippen LogP contribution in [0, 0.1) is 0 Å². The van der Waals surface area contributed by atoms with E-state index in [-0.39, 0.29) is 5.56 Å². The van der Waals surface area contributed by atoms with Gasteiger partial charge in [0.05, 0.1) is 28.3 Å². The molecule has 0 radical (unpaired) electrons. The summed E-state index contributed by atoms with van der Waals surface area (Å²) in [5, 5.41) is 11.0. The number of nitrogens with one attached hydrogen (secondary N) is 2. The summed E-state index contributed by atoms with van der Waals surface area (Å²) in [6, 6.07) is 11.2. The van der Waals surface area contributed by atoms with Gasteiger partial charge in [-0.25, -0.2) is 15.0 Å². The van der Waals surface area contributed by atoms with Crippen LogP contribution in [0.2, 0.25) is 0 Å². The van der Waals surface area contributed by atoms with Gasteiger partial charge in [-0.3, -0.25) is 9.89 Å². The molecule has 6 rings (SSSR count). The molecule has 160 valence electrons. The van der Waals surface area contributed by atoms with E-state index in [1.54, 1.807) is 30.7 Å². The van der Waals surface area contributed by atoms with Gasteiger partial charge in [-0.1, -0.05) is 12.1 Å². The van der Waals surface area contributed by atoms with Crippen LogP contribution in [0.5, 0.6) is 0 Å². The summed E-state index contributed by atoms with van der Waals surface area (Å²) in [6.45, 7) is 0. The molecule has 33 heavy (non-hydrogen) atoms. The number of rotatable bonds is 3. The second-order valence-electron chi connectivity index (χ2n) is 7.47. The number of aromatic amines is 2. The van der Waals surface area contributed by atoms with Crippen molar-refractivity contribution in [1.29, 1.82) is 0 Å². The second-order valence-corrected chi connectivity index (χ2v) is 8.36. The van der Waals surface area contributed by atoms with E-state index >= 15 is 0 Å². The molecule has 0 aliphatic heterocycles. The van der Waals surface area contributed by atoms with Crippen LogP contribution in [0.4, 0.5) is 11.5 Å². The lowest BCUT2D eigenvalue weighted by Crippen LogP contribution is -2.13. The molecule has 0 aliphatic rings. The number of anilines is 2. The lowest BCUT2D eigenvalue weighted by molar-refractivity contribution is 1.12. The molecule has 0 fully saturated rings. The van der Waals surface area contributed by atoms with Crippen LogP contribution in [0.1, 0.15) is 0 Å². The third-order valence-corrected chi connectivity index (χ3v) is 6.33. The first-order valence-electron chi connectivity index (χ1n) is 10.0. The van der Waals surface area contributed by atoms with Crippen molar-refractivity contribution in [3.8, 4) is 33.1 Å². The van der Waals surface area contributed by atoms with Gasteiger partial charge in [0, 0.05) is 39.9 Å². The topological polar surface area (TPSA) is 152 Å². The number of benzene rings is 2. The Balaban J connectivity index is 1.70. The van der Waals surface area contributed by atoms with E-state index in [1.165, 1.54) is 11.3 Å². The number of thiazole rings is 1. The first-order valence-corrected chi connectivity index (χ1v) is 10.9. The number of hydrogen-bond donors (Lipinski definition) is 4. The van der Waals surface area contributed by atoms with Gasteiger partial charge in [-0.2, -0.15) is 5.10 Å². The van der Waals surface area contributed by atoms with E-state index in [1.807, 2.05) is 29.6 Å². The van der Waals surface area contributed by atoms with Crippen molar-refractivity contribution < 1.29 is 0 Å². The molecule has 0 saturated carbocycles. The van der Waals surface area contributed by atoms with Crippen molar-refractivity contribution in [3.63, 3.8) is 0 Å². The fourth-order valence-corrected chi connectivity index (χ4v) is 4.63. The predicted octanol–water partition coefficient (Wildman–Crippen LogP) is 3.82. The van der Waals surface area contributed by atoms with Crippen molar-refractivity contribution >= 4 is 44.6 Å². The Morgan fingerprint density at radius 1 is 0.970 bits per heavy atom. The van der Waals surface area contributed by atoms with Gasteiger partial charge in [-0.15, -0.1) is 11.3 Å². The molecular formula is C23H16N8OS. The number of H-pyrrole nitrogens is 2. The second kappa shape index (κ2) is 7.24. The van der Waals surface area contributed by atoms with Crippen LogP contribution in [0.15, 0.2) is 65.2 Å². The maximum absolute atomic E-state index is 13.3. The minimum Gasteiger partial charge on any atom is -0.398 e. The smallest absolute Gasteiger partial charge is 0.261 e. The monoisotopic (exact) mass is 452 g/mol. The fourth-order valence-electron chi connectivity index (χ4n) is 3.97. The molecule has 4 aromatic heterocycles. The predicted molar refractivity (Wildman–Crippen MR) is 131 cm³/mol. The molecule has 6 N–H and O–H groups in total. The quantitative estimate of drug-likeness (QED) is 0.298. The Kier molecular flexibility index (Phi) is 4.20. The van der Waals surface area contributed by atoms with Crippen molar-refractivity contribution in [2.75, 3.05) is 11.5 Å². The zero-order valence-corrected chi connectivity index (χ0v) is 17.9. The number of nitrogen functional groups attached to an aromatic ring is 2. The largest absolute Gasteiger partial charge is 0.398 e. The van der Waals surface area contributed by atoms with Gasteiger partial charge in [0.25, 0.3) is 5.56 Å². The van der Waals surface area contributed by atoms with Crippen molar-refractivity contribution in [2.24, 2.45) is 0 Å². The molecule has 2 aromatic carbocycles. The molecule has 10 heteroatoms. The average molecular weight is 453 g/mol. The van der Waals surface area contributed by atoms with Gasteiger partial charge >= 0.3 is 0 Å². The highest BCUT2D eigenvalue weighted by atomic mass is 32.1.